The smallest absolute Gasteiger partial charge is 0.138 e. The third kappa shape index (κ3) is 4.92. The molecule has 0 atom stereocenters. The van der Waals surface area contributed by atoms with Gasteiger partial charge in [0.05, 0.1) is 5.69 Å². The molecule has 0 fully saturated rings. The van der Waals surface area contributed by atoms with Gasteiger partial charge in [-0.3, -0.25) is 0 Å². The molecule has 0 saturated heterocycles. The predicted octanol–water partition coefficient (Wildman–Crippen LogP) is 13.1. The molecule has 2 nitrogen and oxygen atoms in total. The Bertz CT molecular complexity index is 2300. The quantitative estimate of drug-likeness (QED) is 0.185. The van der Waals surface area contributed by atoms with Gasteiger partial charge in [0.15, 0.2) is 0 Å². The number of rotatable bonds is 6. The van der Waals surface area contributed by atoms with E-state index < -0.39 is 0 Å². The topological polar surface area (TPSA) is 12.5 Å². The number of ether oxygens (including phenoxy) is 1. The molecule has 8 aromatic carbocycles. The molecular weight excluding hydrogens is 583 g/mol. The average Bonchev–Trinajstić information content (AvgIpc) is 3.16. The van der Waals surface area contributed by atoms with Crippen LogP contribution in [-0.4, -0.2) is 0 Å². The molecule has 9 rings (SSSR count). The second-order valence-corrected chi connectivity index (χ2v) is 12.2. The van der Waals surface area contributed by atoms with Gasteiger partial charge in [0.2, 0.25) is 0 Å². The minimum absolute atomic E-state index is 0.862. The highest BCUT2D eigenvalue weighted by Gasteiger charge is 2.25. The van der Waals surface area contributed by atoms with Crippen LogP contribution in [0.1, 0.15) is 0 Å². The van der Waals surface area contributed by atoms with Gasteiger partial charge in [-0.1, -0.05) is 146 Å². The van der Waals surface area contributed by atoms with E-state index in [-0.39, 0.29) is 0 Å². The van der Waals surface area contributed by atoms with Crippen LogP contribution in [0.15, 0.2) is 188 Å². The first-order valence-corrected chi connectivity index (χ1v) is 16.3. The van der Waals surface area contributed by atoms with Gasteiger partial charge in [0.25, 0.3) is 0 Å². The molecule has 0 aromatic heterocycles. The first kappa shape index (κ1) is 27.9. The Labute approximate surface area is 280 Å². The summed E-state index contributed by atoms with van der Waals surface area (Å²) >= 11 is 0. The summed E-state index contributed by atoms with van der Waals surface area (Å²) in [7, 11) is 0. The summed E-state index contributed by atoms with van der Waals surface area (Å²) in [5.41, 5.74) is 12.7. The van der Waals surface area contributed by atoms with E-state index in [1.165, 1.54) is 38.9 Å². The molecule has 0 N–H and O–H groups in total. The minimum atomic E-state index is 0.862. The maximum absolute atomic E-state index is 6.73. The van der Waals surface area contributed by atoms with Crippen molar-refractivity contribution in [3.8, 4) is 56.0 Å². The largest absolute Gasteiger partial charge is 0.456 e. The van der Waals surface area contributed by atoms with E-state index in [0.29, 0.717) is 0 Å². The summed E-state index contributed by atoms with van der Waals surface area (Å²) in [6.45, 7) is 0. The van der Waals surface area contributed by atoms with Crippen molar-refractivity contribution in [2.75, 3.05) is 4.90 Å². The van der Waals surface area contributed by atoms with Gasteiger partial charge < -0.3 is 9.64 Å². The Morgan fingerprint density at radius 3 is 1.42 bits per heavy atom. The van der Waals surface area contributed by atoms with Crippen LogP contribution >= 0.6 is 0 Å². The zero-order valence-electron chi connectivity index (χ0n) is 26.3. The number of anilines is 3. The summed E-state index contributed by atoms with van der Waals surface area (Å²) in [4.78, 5) is 2.33. The van der Waals surface area contributed by atoms with Crippen molar-refractivity contribution in [3.05, 3.63) is 188 Å². The van der Waals surface area contributed by atoms with Crippen LogP contribution in [0, 0.1) is 0 Å². The molecule has 0 unspecified atom stereocenters. The first-order chi connectivity index (χ1) is 23.8. The van der Waals surface area contributed by atoms with E-state index in [9.17, 15) is 0 Å². The maximum atomic E-state index is 6.73. The average molecular weight is 614 g/mol. The molecule has 0 aliphatic carbocycles. The minimum Gasteiger partial charge on any atom is -0.456 e. The highest BCUT2D eigenvalue weighted by molar-refractivity contribution is 6.11. The molecule has 1 aliphatic rings. The van der Waals surface area contributed by atoms with E-state index in [4.69, 9.17) is 4.74 Å². The van der Waals surface area contributed by atoms with Crippen LogP contribution in [0.25, 0.3) is 55.3 Å². The molecule has 48 heavy (non-hydrogen) atoms. The number of nitrogens with zero attached hydrogens (tertiary/aromatic N) is 1. The highest BCUT2D eigenvalue weighted by atomic mass is 16.5. The lowest BCUT2D eigenvalue weighted by molar-refractivity contribution is 0.487. The monoisotopic (exact) mass is 613 g/mol. The zero-order valence-corrected chi connectivity index (χ0v) is 26.3. The van der Waals surface area contributed by atoms with Crippen molar-refractivity contribution in [1.82, 2.24) is 0 Å². The van der Waals surface area contributed by atoms with Crippen molar-refractivity contribution >= 4 is 27.8 Å². The summed E-state index contributed by atoms with van der Waals surface area (Å²) in [5, 5.41) is 2.27. The van der Waals surface area contributed by atoms with Crippen LogP contribution in [-0.2, 0) is 0 Å². The van der Waals surface area contributed by atoms with Crippen LogP contribution in [0.2, 0.25) is 0 Å². The molecule has 0 amide bonds. The second kappa shape index (κ2) is 11.8. The molecule has 0 spiro atoms. The Balaban J connectivity index is 1.23. The SMILES string of the molecule is c1ccc(-c2ccc(N(c3ccc(-c4ccccc4)cc3)c3cc4c5c(c(-c6ccccc6)ccc5c3)-c3ccccc3O4)cc2)cc1. The van der Waals surface area contributed by atoms with E-state index in [1.807, 2.05) is 6.07 Å². The van der Waals surface area contributed by atoms with E-state index in [2.05, 4.69) is 187 Å². The molecule has 1 aliphatic heterocycles. The fourth-order valence-electron chi connectivity index (χ4n) is 6.95. The Kier molecular flexibility index (Phi) is 6.84. The van der Waals surface area contributed by atoms with Crippen molar-refractivity contribution in [1.29, 1.82) is 0 Å². The molecule has 226 valence electrons. The maximum Gasteiger partial charge on any atom is 0.138 e. The summed E-state index contributed by atoms with van der Waals surface area (Å²) in [6, 6.07) is 66.7. The van der Waals surface area contributed by atoms with Crippen molar-refractivity contribution in [2.24, 2.45) is 0 Å². The van der Waals surface area contributed by atoms with Gasteiger partial charge in [0, 0.05) is 34.0 Å². The highest BCUT2D eigenvalue weighted by Crippen LogP contribution is 2.52. The van der Waals surface area contributed by atoms with E-state index >= 15 is 0 Å². The first-order valence-electron chi connectivity index (χ1n) is 16.3. The number of para-hydroxylation sites is 1. The normalized spacial score (nSPS) is 11.5. The Morgan fingerprint density at radius 1 is 0.333 bits per heavy atom. The fraction of sp³-hybridized carbons (Fsp3) is 0. The van der Waals surface area contributed by atoms with Crippen LogP contribution < -0.4 is 9.64 Å². The van der Waals surface area contributed by atoms with E-state index in [1.54, 1.807) is 0 Å². The predicted molar refractivity (Wildman–Crippen MR) is 200 cm³/mol. The summed E-state index contributed by atoms with van der Waals surface area (Å²) < 4.78 is 6.73. The lowest BCUT2D eigenvalue weighted by atomic mass is 9.87. The van der Waals surface area contributed by atoms with Crippen LogP contribution in [0.3, 0.4) is 0 Å². The number of benzene rings is 8. The van der Waals surface area contributed by atoms with Crippen molar-refractivity contribution in [3.63, 3.8) is 0 Å². The van der Waals surface area contributed by atoms with Gasteiger partial charge in [-0.05, 0) is 75.2 Å². The Hall–Kier alpha value is -6.38. The molecule has 0 bridgehead atoms. The van der Waals surface area contributed by atoms with Gasteiger partial charge >= 0.3 is 0 Å². The lowest BCUT2D eigenvalue weighted by Gasteiger charge is -2.29. The van der Waals surface area contributed by atoms with Crippen molar-refractivity contribution in [2.45, 2.75) is 0 Å². The van der Waals surface area contributed by atoms with Gasteiger partial charge in [-0.15, -0.1) is 0 Å². The Morgan fingerprint density at radius 2 is 0.833 bits per heavy atom. The van der Waals surface area contributed by atoms with Crippen LogP contribution in [0.5, 0.6) is 11.5 Å². The molecule has 2 heteroatoms. The molecule has 0 saturated carbocycles. The molecular formula is C46H31NO. The molecule has 1 heterocycles. The van der Waals surface area contributed by atoms with Crippen molar-refractivity contribution < 1.29 is 4.74 Å². The zero-order chi connectivity index (χ0) is 31.9. The number of fused-ring (bicyclic) bond motifs is 2. The number of hydrogen-bond acceptors (Lipinski definition) is 2. The fourth-order valence-corrected chi connectivity index (χ4v) is 6.95. The second-order valence-electron chi connectivity index (χ2n) is 12.2. The van der Waals surface area contributed by atoms with Gasteiger partial charge in [0.1, 0.15) is 11.5 Å². The van der Waals surface area contributed by atoms with E-state index in [0.717, 1.165) is 44.9 Å². The molecule has 0 radical (unpaired) electrons. The van der Waals surface area contributed by atoms with Gasteiger partial charge in [-0.25, -0.2) is 0 Å². The summed E-state index contributed by atoms with van der Waals surface area (Å²) in [6.07, 6.45) is 0. The van der Waals surface area contributed by atoms with Gasteiger partial charge in [-0.2, -0.15) is 0 Å². The molecule has 8 aromatic rings. The third-order valence-corrected chi connectivity index (χ3v) is 9.25. The standard InChI is InChI=1S/C46H31NO/c1-4-12-32(13-5-1)34-20-25-38(26-21-34)47(39-27-22-35(23-28-39)33-14-6-2-7-15-33)40-30-37-24-29-41(36-16-8-3-9-17-36)46-42-18-10-11-19-43(42)48-44(31-40)45(37)46/h1-31H. The number of hydrogen-bond donors (Lipinski definition) is 0. The summed E-state index contributed by atoms with van der Waals surface area (Å²) in [5.74, 6) is 1.73. The van der Waals surface area contributed by atoms with Crippen LogP contribution in [0.4, 0.5) is 17.1 Å². The lowest BCUT2D eigenvalue weighted by Crippen LogP contribution is -2.11. The third-order valence-electron chi connectivity index (χ3n) is 9.25.